The minimum atomic E-state index is 0.725. The van der Waals surface area contributed by atoms with Gasteiger partial charge in [0.15, 0.2) is 0 Å². The number of rotatable bonds is 7. The third-order valence-corrected chi connectivity index (χ3v) is 6.80. The molecule has 0 N–H and O–H groups in total. The quantitative estimate of drug-likeness (QED) is 0.237. The van der Waals surface area contributed by atoms with Crippen molar-refractivity contribution in [3.05, 3.63) is 88.9 Å². The van der Waals surface area contributed by atoms with E-state index in [0.717, 1.165) is 58.7 Å². The second kappa shape index (κ2) is 9.56. The number of fused-ring (bicyclic) bond motifs is 3. The van der Waals surface area contributed by atoms with Crippen LogP contribution in [-0.4, -0.2) is 7.11 Å². The SMILES string of the molecule is CCCc1c(CCC)c(-c2ccc(OC)cc2)c2c3ccccc3oc(-c3ccc(Cl)cc3)c1-2. The summed E-state index contributed by atoms with van der Waals surface area (Å²) in [4.78, 5) is 0. The molecule has 5 rings (SSSR count). The van der Waals surface area contributed by atoms with Crippen LogP contribution in [0.1, 0.15) is 37.8 Å². The lowest BCUT2D eigenvalue weighted by atomic mass is 9.93. The van der Waals surface area contributed by atoms with Crippen LogP contribution in [0.3, 0.4) is 0 Å². The molecule has 3 aromatic rings. The lowest BCUT2D eigenvalue weighted by Crippen LogP contribution is -1.93. The van der Waals surface area contributed by atoms with Crippen molar-refractivity contribution in [3.63, 3.8) is 0 Å². The molecule has 0 fully saturated rings. The van der Waals surface area contributed by atoms with Crippen LogP contribution in [0.15, 0.2) is 77.2 Å². The Balaban J connectivity index is 1.93. The molecule has 0 saturated heterocycles. The van der Waals surface area contributed by atoms with E-state index in [2.05, 4.69) is 68.4 Å². The van der Waals surface area contributed by atoms with E-state index in [0.29, 0.717) is 0 Å². The summed E-state index contributed by atoms with van der Waals surface area (Å²) in [5.74, 6) is 1.79. The van der Waals surface area contributed by atoms with E-state index in [1.165, 1.54) is 33.4 Å². The average Bonchev–Trinajstić information content (AvgIpc) is 3.19. The maximum absolute atomic E-state index is 6.64. The fourth-order valence-electron chi connectivity index (χ4n) is 5.10. The minimum absolute atomic E-state index is 0.725. The Morgan fingerprint density at radius 3 is 1.97 bits per heavy atom. The van der Waals surface area contributed by atoms with Gasteiger partial charge in [-0.15, -0.1) is 0 Å². The van der Waals surface area contributed by atoms with Crippen molar-refractivity contribution in [2.75, 3.05) is 7.11 Å². The largest absolute Gasteiger partial charge is 0.497 e. The summed E-state index contributed by atoms with van der Waals surface area (Å²) in [6, 6.07) is 24.9. The van der Waals surface area contributed by atoms with E-state index in [4.69, 9.17) is 20.8 Å². The molecule has 0 unspecified atom stereocenters. The minimum Gasteiger partial charge on any atom is -0.497 e. The van der Waals surface area contributed by atoms with E-state index in [9.17, 15) is 0 Å². The standard InChI is InChI=1S/C31H29ClO2/c1-4-8-24-25(9-5-2)30-29(28(24)20-14-18-23(33-3)19-15-20)26-10-6-7-11-27(26)34-31(30)21-12-16-22(32)17-13-21/h6-7,10-19H,4-5,8-9H2,1-3H3. The molecule has 0 atom stereocenters. The fourth-order valence-corrected chi connectivity index (χ4v) is 5.23. The third-order valence-electron chi connectivity index (χ3n) is 6.55. The molecule has 2 nitrogen and oxygen atoms in total. The van der Waals surface area contributed by atoms with Crippen molar-refractivity contribution in [2.45, 2.75) is 39.5 Å². The summed E-state index contributed by atoms with van der Waals surface area (Å²) in [5.41, 5.74) is 9.84. The summed E-state index contributed by atoms with van der Waals surface area (Å²) in [7, 11) is 1.71. The molecule has 172 valence electrons. The van der Waals surface area contributed by atoms with E-state index in [1.54, 1.807) is 7.11 Å². The first-order chi connectivity index (χ1) is 16.7. The van der Waals surface area contributed by atoms with Crippen LogP contribution in [0.25, 0.3) is 44.5 Å². The maximum Gasteiger partial charge on any atom is 0.142 e. The van der Waals surface area contributed by atoms with Crippen molar-refractivity contribution < 1.29 is 9.15 Å². The molecule has 0 aromatic heterocycles. The topological polar surface area (TPSA) is 22.4 Å². The van der Waals surface area contributed by atoms with Crippen LogP contribution >= 0.6 is 11.6 Å². The highest BCUT2D eigenvalue weighted by Crippen LogP contribution is 2.52. The normalized spacial score (nSPS) is 11.4. The predicted molar refractivity (Wildman–Crippen MR) is 143 cm³/mol. The monoisotopic (exact) mass is 468 g/mol. The van der Waals surface area contributed by atoms with Crippen LogP contribution in [0.4, 0.5) is 0 Å². The van der Waals surface area contributed by atoms with Gasteiger partial charge >= 0.3 is 0 Å². The van der Waals surface area contributed by atoms with Crippen LogP contribution < -0.4 is 4.74 Å². The maximum atomic E-state index is 6.64. The van der Waals surface area contributed by atoms with Gasteiger partial charge in [0.2, 0.25) is 0 Å². The Morgan fingerprint density at radius 1 is 0.706 bits per heavy atom. The second-order valence-electron chi connectivity index (χ2n) is 8.74. The van der Waals surface area contributed by atoms with Gasteiger partial charge in [0, 0.05) is 27.1 Å². The summed E-state index contributed by atoms with van der Waals surface area (Å²) in [5, 5.41) is 1.88. The van der Waals surface area contributed by atoms with Gasteiger partial charge in [-0.1, -0.05) is 68.6 Å². The number of hydrogen-bond donors (Lipinski definition) is 0. The molecule has 0 bridgehead atoms. The molecule has 3 heteroatoms. The summed E-state index contributed by atoms with van der Waals surface area (Å²) in [6.07, 6.45) is 4.20. The molecular weight excluding hydrogens is 440 g/mol. The third kappa shape index (κ3) is 3.86. The number of hydrogen-bond acceptors (Lipinski definition) is 2. The summed E-state index contributed by atoms with van der Waals surface area (Å²) < 4.78 is 12.1. The lowest BCUT2D eigenvalue weighted by molar-refractivity contribution is 0.415. The Labute approximate surface area is 206 Å². The van der Waals surface area contributed by atoms with Gasteiger partial charge in [-0.05, 0) is 77.6 Å². The van der Waals surface area contributed by atoms with Gasteiger partial charge in [0.1, 0.15) is 17.1 Å². The van der Waals surface area contributed by atoms with Gasteiger partial charge < -0.3 is 9.15 Å². The smallest absolute Gasteiger partial charge is 0.142 e. The zero-order chi connectivity index (χ0) is 23.7. The van der Waals surface area contributed by atoms with Crippen molar-refractivity contribution >= 4 is 22.6 Å². The molecule has 1 heterocycles. The highest BCUT2D eigenvalue weighted by Gasteiger charge is 2.30. The molecule has 1 aliphatic carbocycles. The summed E-state index contributed by atoms with van der Waals surface area (Å²) >= 11 is 6.23. The van der Waals surface area contributed by atoms with Crippen molar-refractivity contribution in [1.82, 2.24) is 0 Å². The second-order valence-corrected chi connectivity index (χ2v) is 9.18. The molecule has 0 spiro atoms. The summed E-state index contributed by atoms with van der Waals surface area (Å²) in [6.45, 7) is 4.51. The lowest BCUT2D eigenvalue weighted by Gasteiger charge is -2.15. The number of ether oxygens (including phenoxy) is 1. The van der Waals surface area contributed by atoms with Crippen molar-refractivity contribution in [3.8, 4) is 39.3 Å². The molecular formula is C31H29ClO2. The van der Waals surface area contributed by atoms with Crippen LogP contribution in [0.5, 0.6) is 5.75 Å². The molecule has 0 radical (unpaired) electrons. The van der Waals surface area contributed by atoms with Crippen LogP contribution in [-0.2, 0) is 12.8 Å². The number of para-hydroxylation sites is 1. The van der Waals surface area contributed by atoms with E-state index in [1.807, 2.05) is 18.2 Å². The van der Waals surface area contributed by atoms with Gasteiger partial charge in [-0.25, -0.2) is 0 Å². The average molecular weight is 469 g/mol. The van der Waals surface area contributed by atoms with Gasteiger partial charge in [0.05, 0.1) is 7.11 Å². The van der Waals surface area contributed by atoms with Crippen LogP contribution in [0.2, 0.25) is 5.02 Å². The Kier molecular flexibility index (Phi) is 6.34. The Bertz CT molecular complexity index is 1390. The molecule has 2 aliphatic rings. The molecule has 34 heavy (non-hydrogen) atoms. The van der Waals surface area contributed by atoms with Crippen molar-refractivity contribution in [1.29, 1.82) is 0 Å². The molecule has 3 aromatic carbocycles. The fraction of sp³-hybridized carbons (Fsp3) is 0.226. The number of halogens is 1. The molecule has 0 saturated carbocycles. The molecule has 1 aliphatic heterocycles. The highest BCUT2D eigenvalue weighted by molar-refractivity contribution is 6.30. The first-order valence-corrected chi connectivity index (χ1v) is 12.4. The zero-order valence-corrected chi connectivity index (χ0v) is 20.7. The predicted octanol–water partition coefficient (Wildman–Crippen LogP) is 9.44. The van der Waals surface area contributed by atoms with Crippen molar-refractivity contribution in [2.24, 2.45) is 0 Å². The Hall–Kier alpha value is -3.23. The van der Waals surface area contributed by atoms with E-state index in [-0.39, 0.29) is 0 Å². The van der Waals surface area contributed by atoms with E-state index < -0.39 is 0 Å². The van der Waals surface area contributed by atoms with Crippen LogP contribution in [0, 0.1) is 0 Å². The zero-order valence-electron chi connectivity index (χ0n) is 20.0. The Morgan fingerprint density at radius 2 is 1.32 bits per heavy atom. The number of methoxy groups -OCH3 is 1. The first-order valence-electron chi connectivity index (χ1n) is 12.1. The first kappa shape index (κ1) is 22.6. The van der Waals surface area contributed by atoms with Gasteiger partial charge in [-0.3, -0.25) is 0 Å². The van der Waals surface area contributed by atoms with Gasteiger partial charge in [-0.2, -0.15) is 0 Å². The highest BCUT2D eigenvalue weighted by atomic mass is 35.5. The number of benzene rings is 3. The molecule has 0 amide bonds. The van der Waals surface area contributed by atoms with Gasteiger partial charge in [0.25, 0.3) is 0 Å². The van der Waals surface area contributed by atoms with E-state index >= 15 is 0 Å².